The summed E-state index contributed by atoms with van der Waals surface area (Å²) in [5, 5.41) is 6.40. The molecule has 1 aliphatic rings. The highest BCUT2D eigenvalue weighted by Crippen LogP contribution is 1.79. The molecule has 1 aliphatic heterocycles. The average molecular weight is 129 g/mol. The molecule has 0 bridgehead atoms. The second kappa shape index (κ2) is 4.73. The minimum Gasteiger partial charge on any atom is -0.373 e. The summed E-state index contributed by atoms with van der Waals surface area (Å²) >= 11 is 0. The Kier molecular flexibility index (Phi) is 3.68. The van der Waals surface area contributed by atoms with Crippen LogP contribution in [-0.4, -0.2) is 32.8 Å². The van der Waals surface area contributed by atoms with Gasteiger partial charge in [-0.15, -0.1) is 0 Å². The third kappa shape index (κ3) is 3.46. The summed E-state index contributed by atoms with van der Waals surface area (Å²) in [4.78, 5) is 0. The Labute approximate surface area is 55.8 Å². The lowest BCUT2D eigenvalue weighted by Gasteiger charge is -1.98. The van der Waals surface area contributed by atoms with E-state index in [1.54, 1.807) is 0 Å². The summed E-state index contributed by atoms with van der Waals surface area (Å²) in [6, 6.07) is 0. The lowest BCUT2D eigenvalue weighted by atomic mass is 10.6. The molecule has 1 fully saturated rings. The zero-order valence-electron chi connectivity index (χ0n) is 5.52. The van der Waals surface area contributed by atoms with Gasteiger partial charge in [-0.1, -0.05) is 0 Å². The third-order valence-electron chi connectivity index (χ3n) is 1.22. The summed E-state index contributed by atoms with van der Waals surface area (Å²) in [5.74, 6) is 0. The van der Waals surface area contributed by atoms with Crippen molar-refractivity contribution in [2.45, 2.75) is 0 Å². The standard InChI is InChI=1S/C6H13N2O/c1-2-8-4-6-9-5-3-7-1/h5,7-8H,1-4,6H2. The predicted molar refractivity (Wildman–Crippen MR) is 36.0 cm³/mol. The van der Waals surface area contributed by atoms with Gasteiger partial charge in [0, 0.05) is 26.2 Å². The zero-order chi connectivity index (χ0) is 6.36. The molecule has 1 heterocycles. The van der Waals surface area contributed by atoms with Crippen molar-refractivity contribution in [2.75, 3.05) is 32.8 Å². The molecular weight excluding hydrogens is 116 g/mol. The van der Waals surface area contributed by atoms with Crippen LogP contribution in [0.3, 0.4) is 0 Å². The van der Waals surface area contributed by atoms with Crippen molar-refractivity contribution >= 4 is 0 Å². The van der Waals surface area contributed by atoms with E-state index in [4.69, 9.17) is 4.74 Å². The van der Waals surface area contributed by atoms with E-state index in [9.17, 15) is 0 Å². The number of nitrogens with one attached hydrogen (secondary N) is 2. The minimum atomic E-state index is 0.793. The van der Waals surface area contributed by atoms with Crippen molar-refractivity contribution in [3.63, 3.8) is 0 Å². The van der Waals surface area contributed by atoms with Gasteiger partial charge in [-0.3, -0.25) is 0 Å². The first kappa shape index (κ1) is 6.99. The summed E-state index contributed by atoms with van der Waals surface area (Å²) in [5.41, 5.74) is 0. The van der Waals surface area contributed by atoms with Crippen molar-refractivity contribution in [1.82, 2.24) is 10.6 Å². The van der Waals surface area contributed by atoms with Crippen LogP contribution in [0.1, 0.15) is 0 Å². The quantitative estimate of drug-likeness (QED) is 0.456. The molecule has 1 radical (unpaired) electrons. The molecule has 53 valence electrons. The van der Waals surface area contributed by atoms with Crippen LogP contribution in [0.15, 0.2) is 0 Å². The van der Waals surface area contributed by atoms with E-state index in [2.05, 4.69) is 10.6 Å². The van der Waals surface area contributed by atoms with Crippen LogP contribution in [-0.2, 0) is 4.74 Å². The molecule has 1 rings (SSSR count). The van der Waals surface area contributed by atoms with Crippen molar-refractivity contribution in [3.8, 4) is 0 Å². The molecule has 0 atom stereocenters. The van der Waals surface area contributed by atoms with E-state index in [1.165, 1.54) is 0 Å². The van der Waals surface area contributed by atoms with Gasteiger partial charge in [0.25, 0.3) is 0 Å². The van der Waals surface area contributed by atoms with Gasteiger partial charge in [0.1, 0.15) is 0 Å². The monoisotopic (exact) mass is 129 g/mol. The first-order chi connectivity index (χ1) is 4.50. The van der Waals surface area contributed by atoms with Gasteiger partial charge in [-0.05, 0) is 0 Å². The Morgan fingerprint density at radius 2 is 2.00 bits per heavy atom. The number of hydrogen-bond donors (Lipinski definition) is 2. The second-order valence-corrected chi connectivity index (χ2v) is 1.99. The van der Waals surface area contributed by atoms with Crippen LogP contribution < -0.4 is 10.6 Å². The Morgan fingerprint density at radius 3 is 3.00 bits per heavy atom. The van der Waals surface area contributed by atoms with Gasteiger partial charge < -0.3 is 15.4 Å². The molecule has 9 heavy (non-hydrogen) atoms. The first-order valence-corrected chi connectivity index (χ1v) is 3.35. The molecule has 3 nitrogen and oxygen atoms in total. The maximum absolute atomic E-state index is 5.10. The van der Waals surface area contributed by atoms with Crippen molar-refractivity contribution in [2.24, 2.45) is 0 Å². The smallest absolute Gasteiger partial charge is 0.0973 e. The van der Waals surface area contributed by atoms with Crippen LogP contribution >= 0.6 is 0 Å². The highest BCUT2D eigenvalue weighted by molar-refractivity contribution is 4.60. The third-order valence-corrected chi connectivity index (χ3v) is 1.22. The van der Waals surface area contributed by atoms with Gasteiger partial charge in [-0.2, -0.15) is 0 Å². The maximum atomic E-state index is 5.10. The van der Waals surface area contributed by atoms with Crippen molar-refractivity contribution < 1.29 is 4.74 Å². The number of ether oxygens (including phenoxy) is 1. The molecule has 0 aromatic rings. The van der Waals surface area contributed by atoms with Gasteiger partial charge >= 0.3 is 0 Å². The molecule has 0 spiro atoms. The molecule has 0 amide bonds. The highest BCUT2D eigenvalue weighted by Gasteiger charge is 1.93. The van der Waals surface area contributed by atoms with Crippen LogP contribution in [0.4, 0.5) is 0 Å². The summed E-state index contributed by atoms with van der Waals surface area (Å²) < 4.78 is 5.10. The lowest BCUT2D eigenvalue weighted by Crippen LogP contribution is -2.27. The molecule has 0 unspecified atom stereocenters. The largest absolute Gasteiger partial charge is 0.373 e. The van der Waals surface area contributed by atoms with Crippen molar-refractivity contribution in [1.29, 1.82) is 0 Å². The summed E-state index contributed by atoms with van der Waals surface area (Å²) in [7, 11) is 0. The predicted octanol–water partition coefficient (Wildman–Crippen LogP) is -0.642. The zero-order valence-corrected chi connectivity index (χ0v) is 5.52. The Morgan fingerprint density at radius 1 is 1.11 bits per heavy atom. The van der Waals surface area contributed by atoms with Crippen LogP contribution in [0, 0.1) is 6.61 Å². The van der Waals surface area contributed by atoms with Crippen LogP contribution in [0.2, 0.25) is 0 Å². The Bertz CT molecular complexity index is 39.5. The minimum absolute atomic E-state index is 0.793. The first-order valence-electron chi connectivity index (χ1n) is 3.35. The van der Waals surface area contributed by atoms with Gasteiger partial charge in [-0.25, -0.2) is 0 Å². The van der Waals surface area contributed by atoms with Gasteiger partial charge in [0.05, 0.1) is 13.2 Å². The van der Waals surface area contributed by atoms with E-state index in [0.717, 1.165) is 32.8 Å². The molecule has 0 aromatic carbocycles. The molecular formula is C6H13N2O. The highest BCUT2D eigenvalue weighted by atomic mass is 16.5. The van der Waals surface area contributed by atoms with Gasteiger partial charge in [0.15, 0.2) is 0 Å². The van der Waals surface area contributed by atoms with Crippen LogP contribution in [0.5, 0.6) is 0 Å². The SMILES string of the molecule is [CH]1CNCCNCCO1. The average Bonchev–Trinajstić information content (AvgIpc) is 2.00. The van der Waals surface area contributed by atoms with Crippen LogP contribution in [0.25, 0.3) is 0 Å². The number of rotatable bonds is 0. The maximum Gasteiger partial charge on any atom is 0.0973 e. The molecule has 2 N–H and O–H groups in total. The normalized spacial score (nSPS) is 24.0. The molecule has 0 aromatic heterocycles. The molecule has 0 aliphatic carbocycles. The fraction of sp³-hybridized carbons (Fsp3) is 0.833. The van der Waals surface area contributed by atoms with E-state index < -0.39 is 0 Å². The van der Waals surface area contributed by atoms with Gasteiger partial charge in [0.2, 0.25) is 0 Å². The number of hydrogen-bond acceptors (Lipinski definition) is 3. The summed E-state index contributed by atoms with van der Waals surface area (Å²) in [6.07, 6.45) is 0. The van der Waals surface area contributed by atoms with E-state index in [-0.39, 0.29) is 0 Å². The molecule has 0 saturated carbocycles. The topological polar surface area (TPSA) is 33.3 Å². The molecule has 1 saturated heterocycles. The second-order valence-electron chi connectivity index (χ2n) is 1.99. The molecule has 3 heteroatoms. The fourth-order valence-corrected chi connectivity index (χ4v) is 0.736. The fourth-order valence-electron chi connectivity index (χ4n) is 0.736. The van der Waals surface area contributed by atoms with E-state index >= 15 is 0 Å². The lowest BCUT2D eigenvalue weighted by molar-refractivity contribution is 0.201. The summed E-state index contributed by atoms with van der Waals surface area (Å²) in [6.45, 7) is 6.49. The Hall–Kier alpha value is -0.120. The van der Waals surface area contributed by atoms with E-state index in [1.807, 2.05) is 6.61 Å². The van der Waals surface area contributed by atoms with Crippen molar-refractivity contribution in [3.05, 3.63) is 6.61 Å². The Balaban J connectivity index is 2.02. The van der Waals surface area contributed by atoms with E-state index in [0.29, 0.717) is 0 Å².